The Hall–Kier alpha value is -1.77. The molecule has 0 unspecified atom stereocenters. The molecular formula is C12H11IN4O2. The van der Waals surface area contributed by atoms with E-state index in [0.29, 0.717) is 17.2 Å². The summed E-state index contributed by atoms with van der Waals surface area (Å²) < 4.78 is 0.895. The maximum Gasteiger partial charge on any atom is 0.270 e. The van der Waals surface area contributed by atoms with Crippen LogP contribution in [-0.2, 0) is 0 Å². The summed E-state index contributed by atoms with van der Waals surface area (Å²) >= 11 is 2.13. The van der Waals surface area contributed by atoms with E-state index in [-0.39, 0.29) is 5.69 Å². The molecule has 2 aromatic rings. The average molecular weight is 370 g/mol. The molecule has 1 aromatic heterocycles. The molecule has 0 fully saturated rings. The highest BCUT2D eigenvalue weighted by molar-refractivity contribution is 14.1. The van der Waals surface area contributed by atoms with Crippen molar-refractivity contribution in [1.82, 2.24) is 9.97 Å². The lowest BCUT2D eigenvalue weighted by Gasteiger charge is -2.07. The third-order valence-electron chi connectivity index (χ3n) is 2.65. The van der Waals surface area contributed by atoms with E-state index in [1.807, 2.05) is 6.92 Å². The molecule has 0 atom stereocenters. The maximum absolute atomic E-state index is 10.8. The van der Waals surface area contributed by atoms with E-state index < -0.39 is 4.92 Å². The molecule has 98 valence electrons. The topological polar surface area (TPSA) is 81.0 Å². The van der Waals surface area contributed by atoms with Crippen molar-refractivity contribution in [2.75, 3.05) is 12.4 Å². The van der Waals surface area contributed by atoms with Gasteiger partial charge < -0.3 is 5.32 Å². The van der Waals surface area contributed by atoms with E-state index >= 15 is 0 Å². The molecule has 0 aliphatic carbocycles. The van der Waals surface area contributed by atoms with Crippen LogP contribution in [0.1, 0.15) is 5.56 Å². The van der Waals surface area contributed by atoms with Crippen molar-refractivity contribution in [1.29, 1.82) is 0 Å². The first-order valence-electron chi connectivity index (χ1n) is 5.48. The summed E-state index contributed by atoms with van der Waals surface area (Å²) in [6.45, 7) is 1.87. The van der Waals surface area contributed by atoms with Gasteiger partial charge in [-0.05, 0) is 35.1 Å². The van der Waals surface area contributed by atoms with Crippen LogP contribution >= 0.6 is 22.6 Å². The Kier molecular flexibility index (Phi) is 3.93. The van der Waals surface area contributed by atoms with E-state index in [2.05, 4.69) is 37.9 Å². The summed E-state index contributed by atoms with van der Waals surface area (Å²) in [4.78, 5) is 19.0. The average Bonchev–Trinajstić information content (AvgIpc) is 2.40. The van der Waals surface area contributed by atoms with Gasteiger partial charge in [0.2, 0.25) is 0 Å². The fraction of sp³-hybridized carbons (Fsp3) is 0.167. The molecule has 0 spiro atoms. The highest BCUT2D eigenvalue weighted by atomic mass is 127. The Morgan fingerprint density at radius 3 is 2.79 bits per heavy atom. The molecule has 0 saturated carbocycles. The number of halogens is 1. The van der Waals surface area contributed by atoms with Crippen molar-refractivity contribution in [2.24, 2.45) is 0 Å². The summed E-state index contributed by atoms with van der Waals surface area (Å²) in [7, 11) is 1.77. The molecule has 0 radical (unpaired) electrons. The molecule has 1 heterocycles. The second-order valence-electron chi connectivity index (χ2n) is 3.90. The Labute approximate surface area is 123 Å². The molecule has 6 nitrogen and oxygen atoms in total. The summed E-state index contributed by atoms with van der Waals surface area (Å²) in [5, 5.41) is 13.8. The van der Waals surface area contributed by atoms with E-state index in [1.165, 1.54) is 12.1 Å². The fourth-order valence-electron chi connectivity index (χ4n) is 1.64. The van der Waals surface area contributed by atoms with Gasteiger partial charge in [0.05, 0.1) is 8.49 Å². The van der Waals surface area contributed by atoms with E-state index in [0.717, 1.165) is 9.13 Å². The van der Waals surface area contributed by atoms with Crippen LogP contribution in [0.3, 0.4) is 0 Å². The zero-order chi connectivity index (χ0) is 14.0. The molecule has 0 aliphatic rings. The summed E-state index contributed by atoms with van der Waals surface area (Å²) in [6.07, 6.45) is 1.69. The maximum atomic E-state index is 10.8. The van der Waals surface area contributed by atoms with Gasteiger partial charge in [0.15, 0.2) is 5.82 Å². The highest BCUT2D eigenvalue weighted by Gasteiger charge is 2.13. The SMILES string of the molecule is CNc1nc(-c2cc([N+](=O)[O-])ccc2C)ncc1I. The minimum atomic E-state index is -0.422. The van der Waals surface area contributed by atoms with Gasteiger partial charge >= 0.3 is 0 Å². The van der Waals surface area contributed by atoms with Crippen LogP contribution in [0, 0.1) is 20.6 Å². The lowest BCUT2D eigenvalue weighted by atomic mass is 10.1. The molecule has 19 heavy (non-hydrogen) atoms. The number of benzene rings is 1. The first kappa shape index (κ1) is 13.7. The van der Waals surface area contributed by atoms with Crippen molar-refractivity contribution in [3.05, 3.63) is 43.6 Å². The Morgan fingerprint density at radius 1 is 1.42 bits per heavy atom. The molecule has 0 aliphatic heterocycles. The lowest BCUT2D eigenvalue weighted by Crippen LogP contribution is -2.00. The second-order valence-corrected chi connectivity index (χ2v) is 5.06. The monoisotopic (exact) mass is 370 g/mol. The third kappa shape index (κ3) is 2.80. The molecule has 7 heteroatoms. The molecule has 2 rings (SSSR count). The first-order chi connectivity index (χ1) is 9.02. The molecular weight excluding hydrogens is 359 g/mol. The van der Waals surface area contributed by atoms with E-state index in [4.69, 9.17) is 0 Å². The van der Waals surface area contributed by atoms with Gasteiger partial charge in [-0.25, -0.2) is 9.97 Å². The van der Waals surface area contributed by atoms with Crippen LogP contribution in [0.2, 0.25) is 0 Å². The molecule has 1 N–H and O–H groups in total. The fourth-order valence-corrected chi connectivity index (χ4v) is 2.17. The Morgan fingerprint density at radius 2 is 2.16 bits per heavy atom. The number of nitrogens with zero attached hydrogens (tertiary/aromatic N) is 3. The van der Waals surface area contributed by atoms with Crippen LogP contribution in [-0.4, -0.2) is 21.9 Å². The number of nitrogens with one attached hydrogen (secondary N) is 1. The van der Waals surface area contributed by atoms with Crippen molar-refractivity contribution in [2.45, 2.75) is 6.92 Å². The largest absolute Gasteiger partial charge is 0.372 e. The van der Waals surface area contributed by atoms with Crippen LogP contribution in [0.15, 0.2) is 24.4 Å². The smallest absolute Gasteiger partial charge is 0.270 e. The van der Waals surface area contributed by atoms with Crippen molar-refractivity contribution in [3.63, 3.8) is 0 Å². The second kappa shape index (κ2) is 5.47. The van der Waals surface area contributed by atoms with Gasteiger partial charge in [0.1, 0.15) is 5.82 Å². The molecule has 0 bridgehead atoms. The quantitative estimate of drug-likeness (QED) is 0.510. The third-order valence-corrected chi connectivity index (χ3v) is 3.44. The van der Waals surface area contributed by atoms with Crippen LogP contribution < -0.4 is 5.32 Å². The zero-order valence-corrected chi connectivity index (χ0v) is 12.5. The Bertz CT molecular complexity index is 646. The summed E-state index contributed by atoms with van der Waals surface area (Å²) in [5.41, 5.74) is 1.60. The number of nitro groups is 1. The predicted molar refractivity (Wildman–Crippen MR) is 81.1 cm³/mol. The lowest BCUT2D eigenvalue weighted by molar-refractivity contribution is -0.384. The van der Waals surface area contributed by atoms with Gasteiger partial charge in [-0.3, -0.25) is 10.1 Å². The van der Waals surface area contributed by atoms with Gasteiger partial charge in [-0.2, -0.15) is 0 Å². The van der Waals surface area contributed by atoms with Gasteiger partial charge in [-0.1, -0.05) is 6.07 Å². The number of nitro benzene ring substituents is 1. The van der Waals surface area contributed by atoms with Crippen LogP contribution in [0.4, 0.5) is 11.5 Å². The highest BCUT2D eigenvalue weighted by Crippen LogP contribution is 2.26. The van der Waals surface area contributed by atoms with Crippen molar-refractivity contribution >= 4 is 34.1 Å². The number of aromatic nitrogens is 2. The number of aryl methyl sites for hydroxylation is 1. The van der Waals surface area contributed by atoms with Gasteiger partial charge in [0, 0.05) is 30.9 Å². The summed E-state index contributed by atoms with van der Waals surface area (Å²) in [6, 6.07) is 4.68. The molecule has 0 amide bonds. The van der Waals surface area contributed by atoms with E-state index in [1.54, 1.807) is 19.3 Å². The van der Waals surface area contributed by atoms with Gasteiger partial charge in [0.25, 0.3) is 5.69 Å². The van der Waals surface area contributed by atoms with Crippen molar-refractivity contribution in [3.8, 4) is 11.4 Å². The van der Waals surface area contributed by atoms with Crippen molar-refractivity contribution < 1.29 is 4.92 Å². The summed E-state index contributed by atoms with van der Waals surface area (Å²) in [5.74, 6) is 1.18. The Balaban J connectivity index is 2.57. The minimum absolute atomic E-state index is 0.0359. The molecule has 1 aromatic carbocycles. The molecule has 0 saturated heterocycles. The minimum Gasteiger partial charge on any atom is -0.372 e. The van der Waals surface area contributed by atoms with E-state index in [9.17, 15) is 10.1 Å². The van der Waals surface area contributed by atoms with Gasteiger partial charge in [-0.15, -0.1) is 0 Å². The number of rotatable bonds is 3. The number of non-ortho nitro benzene ring substituents is 1. The number of anilines is 1. The predicted octanol–water partition coefficient (Wildman–Crippen LogP) is 3.01. The standard InChI is InChI=1S/C12H11IN4O2/c1-7-3-4-8(17(18)19)5-9(7)11-15-6-10(13)12(14-2)16-11/h3-6H,1-2H3,(H,14,15,16). The normalized spacial score (nSPS) is 10.3. The van der Waals surface area contributed by atoms with Crippen LogP contribution in [0.25, 0.3) is 11.4 Å². The number of hydrogen-bond acceptors (Lipinski definition) is 5. The number of hydrogen-bond donors (Lipinski definition) is 1. The zero-order valence-electron chi connectivity index (χ0n) is 10.3. The van der Waals surface area contributed by atoms with Crippen LogP contribution in [0.5, 0.6) is 0 Å². The first-order valence-corrected chi connectivity index (χ1v) is 6.56.